The summed E-state index contributed by atoms with van der Waals surface area (Å²) in [7, 11) is 1.42. The number of aryl methyl sites for hydroxylation is 1. The van der Waals surface area contributed by atoms with E-state index in [1.807, 2.05) is 17.2 Å². The van der Waals surface area contributed by atoms with Gasteiger partial charge >= 0.3 is 5.97 Å². The maximum Gasteiger partial charge on any atom is 0.323 e. The van der Waals surface area contributed by atoms with Crippen molar-refractivity contribution in [1.82, 2.24) is 9.88 Å². The Balaban J connectivity index is 1.69. The molecule has 0 radical (unpaired) electrons. The molecular weight excluding hydrogens is 314 g/mol. The zero-order chi connectivity index (χ0) is 16.4. The highest BCUT2D eigenvalue weighted by atomic mass is 32.1. The Kier molecular flexibility index (Phi) is 4.96. The normalized spacial score (nSPS) is 27.5. The largest absolute Gasteiger partial charge is 0.468 e. The van der Waals surface area contributed by atoms with Crippen LogP contribution in [0, 0.1) is 12.8 Å². The molecule has 6 nitrogen and oxygen atoms in total. The van der Waals surface area contributed by atoms with Crippen molar-refractivity contribution < 1.29 is 14.3 Å². The molecule has 3 atom stereocenters. The zero-order valence-corrected chi connectivity index (χ0v) is 14.4. The lowest BCUT2D eigenvalue weighted by atomic mass is 9.85. The minimum Gasteiger partial charge on any atom is -0.468 e. The quantitative estimate of drug-likeness (QED) is 0.853. The molecule has 3 rings (SSSR count). The summed E-state index contributed by atoms with van der Waals surface area (Å²) < 4.78 is 4.95. The number of aromatic nitrogens is 1. The van der Waals surface area contributed by atoms with Gasteiger partial charge in [0.25, 0.3) is 0 Å². The predicted octanol–water partition coefficient (Wildman–Crippen LogP) is 2.20. The molecule has 7 heteroatoms. The first-order chi connectivity index (χ1) is 11.1. The van der Waals surface area contributed by atoms with Crippen LogP contribution in [0.3, 0.4) is 0 Å². The van der Waals surface area contributed by atoms with E-state index in [1.54, 1.807) is 0 Å². The van der Waals surface area contributed by atoms with E-state index in [1.165, 1.54) is 31.3 Å². The molecule has 0 unspecified atom stereocenters. The highest BCUT2D eigenvalue weighted by Crippen LogP contribution is 2.39. The topological polar surface area (TPSA) is 71.5 Å². The maximum absolute atomic E-state index is 12.4. The fourth-order valence-electron chi connectivity index (χ4n) is 3.88. The molecule has 0 bridgehead atoms. The van der Waals surface area contributed by atoms with E-state index in [0.29, 0.717) is 17.1 Å². The Bertz CT molecular complexity index is 589. The molecule has 1 aliphatic carbocycles. The van der Waals surface area contributed by atoms with Gasteiger partial charge in [-0.15, -0.1) is 11.3 Å². The summed E-state index contributed by atoms with van der Waals surface area (Å²) in [5.41, 5.74) is 0.895. The van der Waals surface area contributed by atoms with Gasteiger partial charge in [-0.2, -0.15) is 0 Å². The van der Waals surface area contributed by atoms with Gasteiger partial charge in [-0.3, -0.25) is 14.5 Å². The van der Waals surface area contributed by atoms with Crippen LogP contribution in [0.2, 0.25) is 0 Å². The van der Waals surface area contributed by atoms with E-state index < -0.39 is 0 Å². The molecule has 1 aromatic rings. The Hall–Kier alpha value is -1.47. The van der Waals surface area contributed by atoms with Crippen molar-refractivity contribution in [2.24, 2.45) is 5.92 Å². The molecule has 1 aromatic heterocycles. The number of hydrogen-bond acceptors (Lipinski definition) is 6. The number of thiazole rings is 1. The van der Waals surface area contributed by atoms with Crippen LogP contribution in [0.25, 0.3) is 0 Å². The van der Waals surface area contributed by atoms with E-state index in [2.05, 4.69) is 10.3 Å². The maximum atomic E-state index is 12.4. The van der Waals surface area contributed by atoms with Crippen molar-refractivity contribution in [1.29, 1.82) is 0 Å². The summed E-state index contributed by atoms with van der Waals surface area (Å²) in [6, 6.07) is 0.0218. The lowest BCUT2D eigenvalue weighted by molar-refractivity contribution is -0.146. The molecule has 0 spiro atoms. The average Bonchev–Trinajstić information content (AvgIpc) is 3.11. The minimum absolute atomic E-state index is 0.112. The number of methoxy groups -OCH3 is 1. The number of hydrogen-bond donors (Lipinski definition) is 1. The SMILES string of the molecule is COC(=O)[C@@H]1C[C@H]2CCCC[C@H]2N1CC(=O)Nc1nc(C)cs1. The summed E-state index contributed by atoms with van der Waals surface area (Å²) in [6.45, 7) is 2.12. The van der Waals surface area contributed by atoms with Crippen molar-refractivity contribution in [3.63, 3.8) is 0 Å². The van der Waals surface area contributed by atoms with Gasteiger partial charge in [0.1, 0.15) is 6.04 Å². The number of esters is 1. The van der Waals surface area contributed by atoms with Crippen molar-refractivity contribution >= 4 is 28.3 Å². The zero-order valence-electron chi connectivity index (χ0n) is 13.6. The molecule has 1 saturated carbocycles. The van der Waals surface area contributed by atoms with Crippen LogP contribution < -0.4 is 5.32 Å². The molecule has 2 fully saturated rings. The fraction of sp³-hybridized carbons (Fsp3) is 0.688. The summed E-state index contributed by atoms with van der Waals surface area (Å²) in [5, 5.41) is 5.35. The molecule has 1 amide bonds. The lowest BCUT2D eigenvalue weighted by Gasteiger charge is -2.32. The van der Waals surface area contributed by atoms with E-state index >= 15 is 0 Å². The Morgan fingerprint density at radius 1 is 1.43 bits per heavy atom. The van der Waals surface area contributed by atoms with Crippen LogP contribution in [-0.2, 0) is 14.3 Å². The van der Waals surface area contributed by atoms with E-state index in [-0.39, 0.29) is 24.5 Å². The third-order valence-corrected chi connectivity index (χ3v) is 5.76. The predicted molar refractivity (Wildman–Crippen MR) is 88.4 cm³/mol. The highest BCUT2D eigenvalue weighted by molar-refractivity contribution is 7.13. The van der Waals surface area contributed by atoms with Crippen molar-refractivity contribution in [2.45, 2.75) is 51.1 Å². The number of carbonyl (C=O) groups excluding carboxylic acids is 2. The molecule has 126 valence electrons. The third kappa shape index (κ3) is 3.55. The number of likely N-dealkylation sites (tertiary alicyclic amines) is 1. The molecule has 0 aromatic carbocycles. The van der Waals surface area contributed by atoms with Crippen LogP contribution in [0.5, 0.6) is 0 Å². The van der Waals surface area contributed by atoms with Crippen LogP contribution in [0.4, 0.5) is 5.13 Å². The van der Waals surface area contributed by atoms with Gasteiger partial charge in [-0.1, -0.05) is 12.8 Å². The number of nitrogens with zero attached hydrogens (tertiary/aromatic N) is 2. The van der Waals surface area contributed by atoms with E-state index in [9.17, 15) is 9.59 Å². The number of carbonyl (C=O) groups is 2. The van der Waals surface area contributed by atoms with Gasteiger partial charge in [0.05, 0.1) is 19.3 Å². The van der Waals surface area contributed by atoms with Gasteiger partial charge in [0.2, 0.25) is 5.91 Å². The first-order valence-electron chi connectivity index (χ1n) is 8.14. The second-order valence-electron chi connectivity index (χ2n) is 6.40. The van der Waals surface area contributed by atoms with Gasteiger partial charge in [-0.05, 0) is 32.1 Å². The fourth-order valence-corrected chi connectivity index (χ4v) is 4.59. The second-order valence-corrected chi connectivity index (χ2v) is 7.26. The average molecular weight is 337 g/mol. The molecule has 2 aliphatic rings. The molecule has 23 heavy (non-hydrogen) atoms. The molecule has 2 heterocycles. The van der Waals surface area contributed by atoms with Crippen LogP contribution in [0.15, 0.2) is 5.38 Å². The molecular formula is C16H23N3O3S. The Morgan fingerprint density at radius 2 is 2.22 bits per heavy atom. The number of anilines is 1. The van der Waals surface area contributed by atoms with E-state index in [4.69, 9.17) is 4.74 Å². The first-order valence-corrected chi connectivity index (χ1v) is 9.02. The summed E-state index contributed by atoms with van der Waals surface area (Å²) >= 11 is 1.42. The van der Waals surface area contributed by atoms with Crippen molar-refractivity contribution in [3.05, 3.63) is 11.1 Å². The number of fused-ring (bicyclic) bond motifs is 1. The van der Waals surface area contributed by atoms with Crippen molar-refractivity contribution in [3.8, 4) is 0 Å². The molecule has 1 saturated heterocycles. The highest BCUT2D eigenvalue weighted by Gasteiger charge is 2.46. The van der Waals surface area contributed by atoms with Crippen LogP contribution in [-0.4, -0.2) is 47.5 Å². The second kappa shape index (κ2) is 6.97. The summed E-state index contributed by atoms with van der Waals surface area (Å²) in [5.74, 6) is 0.166. The number of nitrogens with one attached hydrogen (secondary N) is 1. The Labute approximate surface area is 140 Å². The van der Waals surface area contributed by atoms with Gasteiger partial charge in [0, 0.05) is 11.4 Å². The third-order valence-electron chi connectivity index (χ3n) is 4.89. The minimum atomic E-state index is -0.295. The smallest absolute Gasteiger partial charge is 0.323 e. The molecule has 1 aliphatic heterocycles. The summed E-state index contributed by atoms with van der Waals surface area (Å²) in [4.78, 5) is 30.8. The number of rotatable bonds is 4. The van der Waals surface area contributed by atoms with Crippen LogP contribution in [0.1, 0.15) is 37.8 Å². The standard InChI is InChI=1S/C16H23N3O3S/c1-10-9-23-16(17-10)18-14(20)8-19-12-6-4-3-5-11(12)7-13(19)15(21)22-2/h9,11-13H,3-8H2,1-2H3,(H,17,18,20)/t11-,12-,13+/m1/s1. The number of ether oxygens (including phenoxy) is 1. The first kappa shape index (κ1) is 16.4. The monoisotopic (exact) mass is 337 g/mol. The van der Waals surface area contributed by atoms with E-state index in [0.717, 1.165) is 25.0 Å². The van der Waals surface area contributed by atoms with Crippen LogP contribution >= 0.6 is 11.3 Å². The van der Waals surface area contributed by atoms with Crippen molar-refractivity contribution in [2.75, 3.05) is 19.0 Å². The molecule has 1 N–H and O–H groups in total. The van der Waals surface area contributed by atoms with Gasteiger partial charge in [0.15, 0.2) is 5.13 Å². The van der Waals surface area contributed by atoms with Gasteiger partial charge < -0.3 is 10.1 Å². The lowest BCUT2D eigenvalue weighted by Crippen LogP contribution is -2.46. The Morgan fingerprint density at radius 3 is 2.91 bits per heavy atom. The van der Waals surface area contributed by atoms with Gasteiger partial charge in [-0.25, -0.2) is 4.98 Å². The summed E-state index contributed by atoms with van der Waals surface area (Å²) in [6.07, 6.45) is 5.39. The number of amides is 1.